The van der Waals surface area contributed by atoms with Gasteiger partial charge in [0, 0.05) is 26.2 Å². The molecule has 1 fully saturated rings. The molecule has 1 heterocycles. The first-order chi connectivity index (χ1) is 5.76. The fraction of sp³-hybridized carbons (Fsp3) is 1.00. The number of hydrogen-bond donors (Lipinski definition) is 1. The number of hydrogen-bond acceptors (Lipinski definition) is 3. The average Bonchev–Trinajstić information content (AvgIpc) is 2.04. The highest BCUT2D eigenvalue weighted by atomic mass is 31.0. The first kappa shape index (κ1) is 13.4. The second-order valence-electron chi connectivity index (χ2n) is 2.53. The molecule has 79 valence electrons. The van der Waals surface area contributed by atoms with Gasteiger partial charge in [-0.15, -0.1) is 0 Å². The van der Waals surface area contributed by atoms with E-state index < -0.39 is 0 Å². The van der Waals surface area contributed by atoms with Crippen LogP contribution in [0.25, 0.3) is 0 Å². The minimum Gasteiger partial charge on any atom is -0.382 e. The summed E-state index contributed by atoms with van der Waals surface area (Å²) in [6.45, 7) is 3.72. The van der Waals surface area contributed by atoms with Gasteiger partial charge in [0.25, 0.3) is 0 Å². The largest absolute Gasteiger partial charge is 0.382 e. The van der Waals surface area contributed by atoms with Crippen molar-refractivity contribution in [1.82, 2.24) is 5.31 Å². The fourth-order valence-electron chi connectivity index (χ4n) is 1.06. The van der Waals surface area contributed by atoms with Crippen LogP contribution in [0.2, 0.25) is 1.41 Å². The van der Waals surface area contributed by atoms with Crippen LogP contribution in [-0.4, -0.2) is 45.9 Å². The summed E-state index contributed by atoms with van der Waals surface area (Å²) < 4.78 is 18.0. The second-order valence-corrected chi connectivity index (χ2v) is 2.92. The predicted molar refractivity (Wildman–Crippen MR) is 62.3 cm³/mol. The van der Waals surface area contributed by atoms with E-state index in [2.05, 4.69) is 9.12 Å². The third kappa shape index (κ3) is 5.63. The number of ether oxygens (including phenoxy) is 2. The molecule has 3 atom stereocenters. The summed E-state index contributed by atoms with van der Waals surface area (Å²) in [6, 6.07) is 0.0430. The maximum absolute atomic E-state index is 7.48. The van der Waals surface area contributed by atoms with Crippen LogP contribution in [0.5, 0.6) is 0 Å². The minimum absolute atomic E-state index is 0. The van der Waals surface area contributed by atoms with E-state index in [4.69, 9.17) is 10.9 Å². The quantitative estimate of drug-likeness (QED) is 0.547. The molecule has 0 saturated carbocycles. The first-order valence-electron chi connectivity index (χ1n) is 4.14. The zero-order valence-corrected chi connectivity index (χ0v) is 7.85. The molecule has 0 amide bonds. The van der Waals surface area contributed by atoms with Gasteiger partial charge in [0.2, 0.25) is 0 Å². The molecular formula is C8H22BNO2P. The van der Waals surface area contributed by atoms with E-state index in [0.717, 1.165) is 0 Å². The van der Waals surface area contributed by atoms with Crippen molar-refractivity contribution >= 4 is 16.1 Å². The lowest BCUT2D eigenvalue weighted by Gasteiger charge is -2.29. The van der Waals surface area contributed by atoms with Crippen molar-refractivity contribution in [2.45, 2.75) is 27.0 Å². The molecule has 5 heteroatoms. The van der Waals surface area contributed by atoms with Gasteiger partial charge in [-0.2, -0.15) is 9.12 Å². The van der Waals surface area contributed by atoms with Gasteiger partial charge in [0.05, 0.1) is 12.7 Å². The standard InChI is InChI=1S/C6H14BNO2P.2CH4/c1-9-4-5-2-8-3-6(7-11)10-5;;/h5-6,8H,2-4,11H2,1H3;2*1H4/i/hT. The van der Waals surface area contributed by atoms with E-state index in [1.54, 1.807) is 7.11 Å². The monoisotopic (exact) mass is 208 g/mol. The minimum atomic E-state index is 0. The average molecular weight is 208 g/mol. The summed E-state index contributed by atoms with van der Waals surface area (Å²) in [4.78, 5) is 0. The molecule has 0 spiro atoms. The van der Waals surface area contributed by atoms with Crippen LogP contribution < -0.4 is 5.31 Å². The second kappa shape index (κ2) is 8.95. The highest BCUT2D eigenvalue weighted by molar-refractivity contribution is 7.56. The van der Waals surface area contributed by atoms with Gasteiger partial charge in [0.15, 0.2) is 7.00 Å². The molecular weight excluding hydrogens is 184 g/mol. The van der Waals surface area contributed by atoms with Gasteiger partial charge in [0.1, 0.15) is 1.41 Å². The van der Waals surface area contributed by atoms with Crippen molar-refractivity contribution in [2.75, 3.05) is 26.8 Å². The molecule has 1 radical (unpaired) electrons. The molecule has 1 saturated heterocycles. The molecule has 13 heavy (non-hydrogen) atoms. The Labute approximate surface area is 86.8 Å². The van der Waals surface area contributed by atoms with Gasteiger partial charge in [-0.25, -0.2) is 0 Å². The Balaban J connectivity index is 0. The Bertz CT molecular complexity index is 145. The number of rotatable bonds is 3. The fourth-order valence-corrected chi connectivity index (χ4v) is 1.28. The van der Waals surface area contributed by atoms with Gasteiger partial charge in [-0.05, 0) is 0 Å². The molecule has 0 aliphatic carbocycles. The van der Waals surface area contributed by atoms with Crippen molar-refractivity contribution in [2.24, 2.45) is 0 Å². The summed E-state index contributed by atoms with van der Waals surface area (Å²) >= 11 is 0. The SMILES string of the molecule is C.C.[3H]N1CC([B]P)OC(COC)C1. The Morgan fingerprint density at radius 3 is 2.92 bits per heavy atom. The summed E-state index contributed by atoms with van der Waals surface area (Å²) in [5, 5.41) is 1.51. The van der Waals surface area contributed by atoms with Gasteiger partial charge >= 0.3 is 0 Å². The first-order valence-corrected chi connectivity index (χ1v) is 4.36. The normalized spacial score (nSPS) is 29.5. The van der Waals surface area contributed by atoms with Crippen LogP contribution in [0.3, 0.4) is 0 Å². The lowest BCUT2D eigenvalue weighted by molar-refractivity contribution is -0.0368. The van der Waals surface area contributed by atoms with E-state index in [-0.39, 0.29) is 27.0 Å². The molecule has 1 N–H and O–H groups in total. The van der Waals surface area contributed by atoms with Crippen LogP contribution >= 0.6 is 9.12 Å². The summed E-state index contributed by atoms with van der Waals surface area (Å²) in [5.41, 5.74) is 0. The molecule has 1 aliphatic rings. The third-order valence-corrected chi connectivity index (χ3v) is 2.01. The Hall–Kier alpha value is 0.375. The van der Waals surface area contributed by atoms with E-state index in [1.807, 2.05) is 7.00 Å². The molecule has 1 aliphatic heterocycles. The summed E-state index contributed by atoms with van der Waals surface area (Å²) in [7, 11) is 4.16. The van der Waals surface area contributed by atoms with E-state index in [0.29, 0.717) is 19.7 Å². The van der Waals surface area contributed by atoms with Crippen LogP contribution in [0.1, 0.15) is 14.9 Å². The van der Waals surface area contributed by atoms with Crippen molar-refractivity contribution in [1.29, 1.82) is 0 Å². The number of morpholine rings is 1. The van der Waals surface area contributed by atoms with Crippen molar-refractivity contribution in [3.05, 3.63) is 0 Å². The van der Waals surface area contributed by atoms with Gasteiger partial charge < -0.3 is 14.8 Å². The number of methoxy groups -OCH3 is 1. The van der Waals surface area contributed by atoms with Gasteiger partial charge in [-0.1, -0.05) is 14.9 Å². The smallest absolute Gasteiger partial charge is 0.178 e. The molecule has 3 unspecified atom stereocenters. The zero-order valence-electron chi connectivity index (χ0n) is 7.69. The molecule has 1 rings (SSSR count). The van der Waals surface area contributed by atoms with Crippen molar-refractivity contribution in [3.63, 3.8) is 0 Å². The Morgan fingerprint density at radius 2 is 2.38 bits per heavy atom. The third-order valence-electron chi connectivity index (χ3n) is 1.58. The van der Waals surface area contributed by atoms with Gasteiger partial charge in [-0.3, -0.25) is 0 Å². The van der Waals surface area contributed by atoms with Crippen LogP contribution in [-0.2, 0) is 9.47 Å². The van der Waals surface area contributed by atoms with Crippen LogP contribution in [0, 0.1) is 0 Å². The molecule has 0 aromatic heterocycles. The molecule has 0 aromatic carbocycles. The number of nitrogens with one attached hydrogen (secondary N) is 1. The van der Waals surface area contributed by atoms with Crippen molar-refractivity contribution < 1.29 is 10.9 Å². The topological polar surface area (TPSA) is 30.5 Å². The Morgan fingerprint density at radius 1 is 1.69 bits per heavy atom. The predicted octanol–water partition coefficient (Wildman–Crippen LogP) is 0.714. The van der Waals surface area contributed by atoms with Crippen molar-refractivity contribution in [3.8, 4) is 0 Å². The summed E-state index contributed by atoms with van der Waals surface area (Å²) in [5.74, 6) is 0. The molecule has 0 aromatic rings. The lowest BCUT2D eigenvalue weighted by Crippen LogP contribution is -2.47. The van der Waals surface area contributed by atoms with E-state index >= 15 is 0 Å². The van der Waals surface area contributed by atoms with E-state index in [1.165, 1.54) is 5.31 Å². The van der Waals surface area contributed by atoms with Crippen LogP contribution in [0.4, 0.5) is 0 Å². The van der Waals surface area contributed by atoms with Crippen LogP contribution in [0.15, 0.2) is 0 Å². The summed E-state index contributed by atoms with van der Waals surface area (Å²) in [6.07, 6.45) is 0.0306. The maximum atomic E-state index is 7.48. The molecule has 0 bridgehead atoms. The zero-order chi connectivity index (χ0) is 8.97. The Kier molecular flexibility index (Phi) is 9.21. The molecule has 3 nitrogen and oxygen atoms in total. The maximum Gasteiger partial charge on any atom is 0.178 e. The van der Waals surface area contributed by atoms with E-state index in [9.17, 15) is 0 Å². The highest BCUT2D eigenvalue weighted by Gasteiger charge is 2.20. The lowest BCUT2D eigenvalue weighted by atomic mass is 9.96. The highest BCUT2D eigenvalue weighted by Crippen LogP contribution is 2.04.